The lowest BCUT2D eigenvalue weighted by Crippen LogP contribution is -2.21. The normalized spacial score (nSPS) is 11.7. The molecule has 11 heteroatoms. The molecule has 0 radical (unpaired) electrons. The number of benzene rings is 2. The zero-order valence-corrected chi connectivity index (χ0v) is 22.1. The molecule has 0 amide bonds. The number of aromatic amines is 2. The Labute approximate surface area is 228 Å². The molecule has 4 heterocycles. The Bertz CT molecular complexity index is 2020. The monoisotopic (exact) mass is 556 g/mol. The van der Waals surface area contributed by atoms with Gasteiger partial charge in [0, 0.05) is 33.2 Å². The molecule has 6 rings (SSSR count). The van der Waals surface area contributed by atoms with Gasteiger partial charge in [-0.05, 0) is 48.9 Å². The van der Waals surface area contributed by atoms with Crippen LogP contribution in [-0.2, 0) is 15.8 Å². The van der Waals surface area contributed by atoms with Crippen LogP contribution in [0.4, 0.5) is 5.69 Å². The lowest BCUT2D eigenvalue weighted by Gasteiger charge is -2.13. The topological polar surface area (TPSA) is 133 Å². The molecule has 0 spiro atoms. The van der Waals surface area contributed by atoms with E-state index in [9.17, 15) is 13.2 Å². The predicted molar refractivity (Wildman–Crippen MR) is 153 cm³/mol. The fraction of sp³-hybridized carbons (Fsp3) is 0.0714. The third-order valence-electron chi connectivity index (χ3n) is 6.29. The number of pyridine rings is 3. The van der Waals surface area contributed by atoms with Crippen LogP contribution in [0.15, 0.2) is 83.9 Å². The highest BCUT2D eigenvalue weighted by atomic mass is 35.5. The maximum absolute atomic E-state index is 12.9. The standard InChI is InChI=1S/C28H21ClN6O3S/c1-16-7-8-22(14-30-16)35-39(37,38)15-21-10-19-11-23(18-9-20-13-31-34-26(20)24(29)12-18)25(17-5-3-2-4-6-17)32-27(19)33-28(21)36/h2-14,35H,15H2,1H3,(H,31,34)(H,32,33,36). The number of nitrogens with zero attached hydrogens (tertiary/aromatic N) is 3. The van der Waals surface area contributed by atoms with Gasteiger partial charge < -0.3 is 4.98 Å². The average molecular weight is 557 g/mol. The number of aromatic nitrogens is 5. The summed E-state index contributed by atoms with van der Waals surface area (Å²) >= 11 is 6.55. The van der Waals surface area contributed by atoms with Gasteiger partial charge in [0.25, 0.3) is 5.56 Å². The van der Waals surface area contributed by atoms with Crippen molar-refractivity contribution in [2.24, 2.45) is 0 Å². The average Bonchev–Trinajstić information content (AvgIpc) is 3.40. The summed E-state index contributed by atoms with van der Waals surface area (Å²) in [6, 6.07) is 20.1. The molecular formula is C28H21ClN6O3S. The summed E-state index contributed by atoms with van der Waals surface area (Å²) in [7, 11) is -3.89. The minimum atomic E-state index is -3.89. The van der Waals surface area contributed by atoms with Gasteiger partial charge in [-0.2, -0.15) is 5.10 Å². The second-order valence-corrected chi connectivity index (χ2v) is 11.3. The molecule has 3 N–H and O–H groups in total. The second-order valence-electron chi connectivity index (χ2n) is 9.15. The number of H-pyrrole nitrogens is 2. The molecule has 0 aliphatic rings. The summed E-state index contributed by atoms with van der Waals surface area (Å²) in [5.41, 5.74) is 4.76. The highest BCUT2D eigenvalue weighted by Crippen LogP contribution is 2.36. The zero-order valence-electron chi connectivity index (χ0n) is 20.6. The van der Waals surface area contributed by atoms with E-state index in [0.717, 1.165) is 33.3 Å². The Kier molecular flexibility index (Phi) is 6.13. The molecule has 0 unspecified atom stereocenters. The van der Waals surface area contributed by atoms with Gasteiger partial charge in [-0.15, -0.1) is 0 Å². The van der Waals surface area contributed by atoms with E-state index in [1.54, 1.807) is 31.3 Å². The van der Waals surface area contributed by atoms with Crippen molar-refractivity contribution in [2.75, 3.05) is 4.72 Å². The molecule has 0 bridgehead atoms. The van der Waals surface area contributed by atoms with E-state index in [1.807, 2.05) is 48.5 Å². The van der Waals surface area contributed by atoms with Gasteiger partial charge in [0.1, 0.15) is 5.65 Å². The number of nitrogens with one attached hydrogen (secondary N) is 3. The van der Waals surface area contributed by atoms with Gasteiger partial charge in [-0.1, -0.05) is 41.9 Å². The second kappa shape index (κ2) is 9.64. The van der Waals surface area contributed by atoms with Crippen LogP contribution in [0.3, 0.4) is 0 Å². The minimum Gasteiger partial charge on any atom is -0.306 e. The molecule has 0 saturated heterocycles. The van der Waals surface area contributed by atoms with Crippen molar-refractivity contribution in [3.63, 3.8) is 0 Å². The van der Waals surface area contributed by atoms with E-state index in [0.29, 0.717) is 27.4 Å². The number of fused-ring (bicyclic) bond motifs is 2. The highest BCUT2D eigenvalue weighted by Gasteiger charge is 2.18. The van der Waals surface area contributed by atoms with Crippen LogP contribution < -0.4 is 10.3 Å². The van der Waals surface area contributed by atoms with Crippen molar-refractivity contribution >= 4 is 49.2 Å². The Morgan fingerprint density at radius 1 is 0.949 bits per heavy atom. The molecule has 0 saturated carbocycles. The fourth-order valence-corrected chi connectivity index (χ4v) is 5.89. The SMILES string of the molecule is Cc1ccc(NS(=O)(=O)Cc2cc3cc(-c4cc(Cl)c5[nH]ncc5c4)c(-c4ccccc4)nc3[nH]c2=O)cn1. The maximum Gasteiger partial charge on any atom is 0.253 e. The van der Waals surface area contributed by atoms with Gasteiger partial charge in [0.05, 0.1) is 40.1 Å². The molecule has 39 heavy (non-hydrogen) atoms. The van der Waals surface area contributed by atoms with Crippen LogP contribution in [0.5, 0.6) is 0 Å². The van der Waals surface area contributed by atoms with Crippen LogP contribution in [0.2, 0.25) is 5.02 Å². The molecule has 9 nitrogen and oxygen atoms in total. The summed E-state index contributed by atoms with van der Waals surface area (Å²) < 4.78 is 28.2. The van der Waals surface area contributed by atoms with Gasteiger partial charge in [0.15, 0.2) is 0 Å². The number of hydrogen-bond donors (Lipinski definition) is 3. The molecule has 0 aliphatic carbocycles. The van der Waals surface area contributed by atoms with Gasteiger partial charge in [0.2, 0.25) is 10.0 Å². The lowest BCUT2D eigenvalue weighted by atomic mass is 9.97. The predicted octanol–water partition coefficient (Wildman–Crippen LogP) is 5.43. The van der Waals surface area contributed by atoms with Gasteiger partial charge in [-0.3, -0.25) is 19.6 Å². The Balaban J connectivity index is 1.47. The molecule has 194 valence electrons. The first kappa shape index (κ1) is 24.8. The summed E-state index contributed by atoms with van der Waals surface area (Å²) in [6.45, 7) is 1.81. The van der Waals surface area contributed by atoms with Crippen LogP contribution in [-0.4, -0.2) is 33.6 Å². The van der Waals surface area contributed by atoms with Crippen LogP contribution >= 0.6 is 11.6 Å². The number of sulfonamides is 1. The Hall–Kier alpha value is -4.54. The Morgan fingerprint density at radius 3 is 2.54 bits per heavy atom. The highest BCUT2D eigenvalue weighted by molar-refractivity contribution is 7.91. The third-order valence-corrected chi connectivity index (χ3v) is 7.83. The number of anilines is 1. The van der Waals surface area contributed by atoms with E-state index >= 15 is 0 Å². The van der Waals surface area contributed by atoms with Gasteiger partial charge >= 0.3 is 0 Å². The van der Waals surface area contributed by atoms with Crippen molar-refractivity contribution in [1.29, 1.82) is 0 Å². The molecular weight excluding hydrogens is 536 g/mol. The number of aryl methyl sites for hydroxylation is 1. The number of halogens is 1. The van der Waals surface area contributed by atoms with E-state index in [-0.39, 0.29) is 5.56 Å². The van der Waals surface area contributed by atoms with Crippen molar-refractivity contribution in [3.8, 4) is 22.4 Å². The van der Waals surface area contributed by atoms with Crippen molar-refractivity contribution in [1.82, 2.24) is 25.1 Å². The quantitative estimate of drug-likeness (QED) is 0.250. The lowest BCUT2D eigenvalue weighted by molar-refractivity contribution is 0.600. The number of hydrogen-bond acceptors (Lipinski definition) is 6. The first-order valence-corrected chi connectivity index (χ1v) is 14.0. The molecule has 0 atom stereocenters. The smallest absolute Gasteiger partial charge is 0.253 e. The first-order valence-electron chi connectivity index (χ1n) is 11.9. The van der Waals surface area contributed by atoms with Crippen LogP contribution in [0.25, 0.3) is 44.3 Å². The summed E-state index contributed by atoms with van der Waals surface area (Å²) in [4.78, 5) is 24.6. The van der Waals surface area contributed by atoms with E-state index in [2.05, 4.69) is 24.9 Å². The molecule has 4 aromatic heterocycles. The molecule has 6 aromatic rings. The van der Waals surface area contributed by atoms with Crippen molar-refractivity contribution in [3.05, 3.63) is 106 Å². The number of rotatable bonds is 6. The molecule has 2 aromatic carbocycles. The van der Waals surface area contributed by atoms with Gasteiger partial charge in [-0.25, -0.2) is 13.4 Å². The largest absolute Gasteiger partial charge is 0.306 e. The van der Waals surface area contributed by atoms with Crippen LogP contribution in [0.1, 0.15) is 11.3 Å². The minimum absolute atomic E-state index is 0.0820. The van der Waals surface area contributed by atoms with E-state index in [4.69, 9.17) is 16.6 Å². The zero-order chi connectivity index (χ0) is 27.1. The summed E-state index contributed by atoms with van der Waals surface area (Å²) in [5.74, 6) is -0.519. The van der Waals surface area contributed by atoms with Crippen molar-refractivity contribution in [2.45, 2.75) is 12.7 Å². The van der Waals surface area contributed by atoms with Crippen molar-refractivity contribution < 1.29 is 8.42 Å². The summed E-state index contributed by atoms with van der Waals surface area (Å²) in [5, 5.41) is 8.90. The third kappa shape index (κ3) is 4.99. The fourth-order valence-electron chi connectivity index (χ4n) is 4.44. The first-order chi connectivity index (χ1) is 18.8. The molecule has 0 aliphatic heterocycles. The van der Waals surface area contributed by atoms with E-state index in [1.165, 1.54) is 6.20 Å². The van der Waals surface area contributed by atoms with E-state index < -0.39 is 21.3 Å². The maximum atomic E-state index is 12.9. The summed E-state index contributed by atoms with van der Waals surface area (Å²) in [6.07, 6.45) is 3.12. The molecule has 0 fully saturated rings. The Morgan fingerprint density at radius 2 is 1.77 bits per heavy atom. The van der Waals surface area contributed by atoms with Crippen LogP contribution in [0, 0.1) is 6.92 Å².